The highest BCUT2D eigenvalue weighted by molar-refractivity contribution is 6.06. The summed E-state index contributed by atoms with van der Waals surface area (Å²) in [6, 6.07) is 12.1. The fourth-order valence-electron chi connectivity index (χ4n) is 3.22. The fraction of sp³-hybridized carbons (Fsp3) is 0.217. The number of hydrogen-bond donors (Lipinski definition) is 2. The topological polar surface area (TPSA) is 78.9 Å². The van der Waals surface area contributed by atoms with Crippen LogP contribution < -0.4 is 10.1 Å². The summed E-state index contributed by atoms with van der Waals surface area (Å²) >= 11 is 0. The van der Waals surface area contributed by atoms with Crippen LogP contribution in [0.25, 0.3) is 11.6 Å². The summed E-state index contributed by atoms with van der Waals surface area (Å²) < 4.78 is 5.56. The SMILES string of the molecule is COc1cc(C=CC(=O)Nc2ccccc2C(=O)O)ccc1C1=CCN(C)CC1. The highest BCUT2D eigenvalue weighted by Gasteiger charge is 2.14. The minimum Gasteiger partial charge on any atom is -0.496 e. The van der Waals surface area contributed by atoms with Crippen molar-refractivity contribution in [1.82, 2.24) is 4.90 Å². The molecule has 1 amide bonds. The lowest BCUT2D eigenvalue weighted by Gasteiger charge is -2.23. The Morgan fingerprint density at radius 1 is 1.21 bits per heavy atom. The molecule has 0 aromatic heterocycles. The van der Waals surface area contributed by atoms with Gasteiger partial charge >= 0.3 is 5.97 Å². The van der Waals surface area contributed by atoms with Crippen LogP contribution >= 0.6 is 0 Å². The smallest absolute Gasteiger partial charge is 0.337 e. The lowest BCUT2D eigenvalue weighted by molar-refractivity contribution is -0.111. The van der Waals surface area contributed by atoms with Crippen LogP contribution in [0, 0.1) is 0 Å². The lowest BCUT2D eigenvalue weighted by Crippen LogP contribution is -2.23. The third-order valence-electron chi connectivity index (χ3n) is 4.83. The first-order valence-electron chi connectivity index (χ1n) is 9.35. The Hall–Kier alpha value is -3.38. The summed E-state index contributed by atoms with van der Waals surface area (Å²) in [4.78, 5) is 25.7. The maximum absolute atomic E-state index is 12.2. The summed E-state index contributed by atoms with van der Waals surface area (Å²) in [5, 5.41) is 11.8. The van der Waals surface area contributed by atoms with Gasteiger partial charge in [0.25, 0.3) is 0 Å². The van der Waals surface area contributed by atoms with Gasteiger partial charge in [-0.15, -0.1) is 0 Å². The predicted molar refractivity (Wildman–Crippen MR) is 114 cm³/mol. The molecule has 0 spiro atoms. The Labute approximate surface area is 170 Å². The van der Waals surface area contributed by atoms with Gasteiger partial charge < -0.3 is 20.1 Å². The van der Waals surface area contributed by atoms with Crippen LogP contribution in [0.15, 0.2) is 54.6 Å². The predicted octanol–water partition coefficient (Wildman–Crippen LogP) is 3.76. The number of anilines is 1. The molecule has 2 N–H and O–H groups in total. The number of rotatable bonds is 6. The van der Waals surface area contributed by atoms with Crippen molar-refractivity contribution in [2.45, 2.75) is 6.42 Å². The number of likely N-dealkylation sites (N-methyl/N-ethyl adjacent to an activating group) is 1. The molecular formula is C23H24N2O4. The number of aromatic carboxylic acids is 1. The molecule has 2 aromatic rings. The number of ether oxygens (including phenoxy) is 1. The number of hydrogen-bond acceptors (Lipinski definition) is 4. The van der Waals surface area contributed by atoms with Gasteiger partial charge in [-0.2, -0.15) is 0 Å². The number of carboxylic acids is 1. The van der Waals surface area contributed by atoms with Crippen molar-refractivity contribution >= 4 is 29.2 Å². The van der Waals surface area contributed by atoms with E-state index in [-0.39, 0.29) is 11.3 Å². The number of methoxy groups -OCH3 is 1. The molecule has 0 bridgehead atoms. The number of carbonyl (C=O) groups excluding carboxylic acids is 1. The highest BCUT2D eigenvalue weighted by Crippen LogP contribution is 2.31. The number of carboxylic acid groups (broad SMARTS) is 1. The van der Waals surface area contributed by atoms with Crippen LogP contribution in [0.2, 0.25) is 0 Å². The van der Waals surface area contributed by atoms with Crippen LogP contribution in [0.1, 0.15) is 27.9 Å². The second-order valence-corrected chi connectivity index (χ2v) is 6.87. The lowest BCUT2D eigenvalue weighted by atomic mass is 9.97. The number of benzene rings is 2. The molecule has 6 nitrogen and oxygen atoms in total. The van der Waals surface area contributed by atoms with E-state index in [1.165, 1.54) is 17.7 Å². The van der Waals surface area contributed by atoms with E-state index in [0.29, 0.717) is 0 Å². The van der Waals surface area contributed by atoms with Gasteiger partial charge in [0, 0.05) is 24.7 Å². The van der Waals surface area contributed by atoms with Crippen LogP contribution in [0.3, 0.4) is 0 Å². The third kappa shape index (κ3) is 5.12. The Bertz CT molecular complexity index is 979. The number of carbonyl (C=O) groups is 2. The molecule has 0 saturated heterocycles. The molecule has 6 heteroatoms. The van der Waals surface area contributed by atoms with E-state index in [1.54, 1.807) is 31.4 Å². The van der Waals surface area contributed by atoms with Gasteiger partial charge in [0.1, 0.15) is 5.75 Å². The zero-order chi connectivity index (χ0) is 20.8. The van der Waals surface area contributed by atoms with Crippen molar-refractivity contribution in [3.63, 3.8) is 0 Å². The van der Waals surface area contributed by atoms with Gasteiger partial charge in [-0.1, -0.05) is 30.3 Å². The van der Waals surface area contributed by atoms with Crippen molar-refractivity contribution < 1.29 is 19.4 Å². The molecule has 29 heavy (non-hydrogen) atoms. The van der Waals surface area contributed by atoms with Gasteiger partial charge in [0.05, 0.1) is 18.4 Å². The first kappa shape index (κ1) is 20.4. The Morgan fingerprint density at radius 3 is 2.69 bits per heavy atom. The quantitative estimate of drug-likeness (QED) is 0.732. The number of nitrogens with one attached hydrogen (secondary N) is 1. The molecule has 0 unspecified atom stereocenters. The zero-order valence-corrected chi connectivity index (χ0v) is 16.5. The molecule has 1 aliphatic rings. The van der Waals surface area contributed by atoms with E-state index in [1.807, 2.05) is 18.2 Å². The standard InChI is InChI=1S/C23H24N2O4/c1-25-13-11-17(12-14-25)18-9-7-16(15-21(18)29-2)8-10-22(26)24-20-6-4-3-5-19(20)23(27)28/h3-11,15H,12-14H2,1-2H3,(H,24,26)(H,27,28). The van der Waals surface area contributed by atoms with Crippen molar-refractivity contribution in [2.24, 2.45) is 0 Å². The molecule has 0 fully saturated rings. The fourth-order valence-corrected chi connectivity index (χ4v) is 3.22. The molecule has 0 saturated carbocycles. The van der Waals surface area contributed by atoms with Gasteiger partial charge in [-0.25, -0.2) is 4.79 Å². The minimum absolute atomic E-state index is 0.0478. The average molecular weight is 392 g/mol. The van der Waals surface area contributed by atoms with Crippen LogP contribution in [-0.2, 0) is 4.79 Å². The molecule has 150 valence electrons. The Kier molecular flexibility index (Phi) is 6.46. The maximum atomic E-state index is 12.2. The van der Waals surface area contributed by atoms with E-state index in [4.69, 9.17) is 4.74 Å². The molecule has 2 aromatic carbocycles. The monoisotopic (exact) mass is 392 g/mol. The van der Waals surface area contributed by atoms with E-state index < -0.39 is 11.9 Å². The maximum Gasteiger partial charge on any atom is 0.337 e. The molecule has 1 heterocycles. The normalized spacial score (nSPS) is 14.5. The first-order chi connectivity index (χ1) is 14.0. The second kappa shape index (κ2) is 9.21. The largest absolute Gasteiger partial charge is 0.496 e. The van der Waals surface area contributed by atoms with E-state index in [2.05, 4.69) is 23.3 Å². The van der Waals surface area contributed by atoms with E-state index in [9.17, 15) is 14.7 Å². The summed E-state index contributed by atoms with van der Waals surface area (Å²) in [5.41, 5.74) is 3.46. The summed E-state index contributed by atoms with van der Waals surface area (Å²) in [7, 11) is 3.73. The molecule has 0 radical (unpaired) electrons. The molecule has 0 atom stereocenters. The zero-order valence-electron chi connectivity index (χ0n) is 16.5. The van der Waals surface area contributed by atoms with Crippen LogP contribution in [-0.4, -0.2) is 49.1 Å². The van der Waals surface area contributed by atoms with E-state index >= 15 is 0 Å². The van der Waals surface area contributed by atoms with Gasteiger partial charge in [0.15, 0.2) is 0 Å². The van der Waals surface area contributed by atoms with E-state index in [0.717, 1.165) is 36.4 Å². The first-order valence-corrected chi connectivity index (χ1v) is 9.35. The summed E-state index contributed by atoms with van der Waals surface area (Å²) in [6.07, 6.45) is 6.23. The van der Waals surface area contributed by atoms with Gasteiger partial charge in [0.2, 0.25) is 5.91 Å². The molecule has 1 aliphatic heterocycles. The van der Waals surface area contributed by atoms with Crippen molar-refractivity contribution in [3.8, 4) is 5.75 Å². The number of amides is 1. The summed E-state index contributed by atoms with van der Waals surface area (Å²) in [6.45, 7) is 1.92. The van der Waals surface area contributed by atoms with Crippen LogP contribution in [0.4, 0.5) is 5.69 Å². The minimum atomic E-state index is -1.09. The molecular weight excluding hydrogens is 368 g/mol. The van der Waals surface area contributed by atoms with Crippen molar-refractivity contribution in [2.75, 3.05) is 32.6 Å². The number of nitrogens with zero attached hydrogens (tertiary/aromatic N) is 1. The second-order valence-electron chi connectivity index (χ2n) is 6.87. The van der Waals surface area contributed by atoms with Crippen LogP contribution in [0.5, 0.6) is 5.75 Å². The Balaban J connectivity index is 1.74. The molecule has 0 aliphatic carbocycles. The van der Waals surface area contributed by atoms with Crippen molar-refractivity contribution in [1.29, 1.82) is 0 Å². The summed E-state index contributed by atoms with van der Waals surface area (Å²) in [5.74, 6) is -0.729. The molecule has 3 rings (SSSR count). The highest BCUT2D eigenvalue weighted by atomic mass is 16.5. The Morgan fingerprint density at radius 2 is 2.00 bits per heavy atom. The third-order valence-corrected chi connectivity index (χ3v) is 4.83. The van der Waals surface area contributed by atoms with Gasteiger partial charge in [-0.3, -0.25) is 4.79 Å². The number of para-hydroxylation sites is 1. The average Bonchev–Trinajstić information content (AvgIpc) is 2.73. The van der Waals surface area contributed by atoms with Crippen molar-refractivity contribution in [3.05, 3.63) is 71.3 Å². The van der Waals surface area contributed by atoms with Gasteiger partial charge in [-0.05, 0) is 48.9 Å².